The molecule has 3 rings (SSSR count). The van der Waals surface area contributed by atoms with Gasteiger partial charge in [-0.1, -0.05) is 13.3 Å². The third-order valence-corrected chi connectivity index (χ3v) is 5.01. The van der Waals surface area contributed by atoms with E-state index in [0.717, 1.165) is 50.1 Å². The topological polar surface area (TPSA) is 87.4 Å². The number of amides is 1. The number of likely N-dealkylation sites (tertiary alicyclic amines) is 1. The maximum absolute atomic E-state index is 11.8. The van der Waals surface area contributed by atoms with Gasteiger partial charge in [-0.15, -0.1) is 34.2 Å². The molecule has 3 heterocycles. The van der Waals surface area contributed by atoms with Crippen LogP contribution in [0.1, 0.15) is 50.7 Å². The van der Waals surface area contributed by atoms with Crippen molar-refractivity contribution in [3.63, 3.8) is 0 Å². The fourth-order valence-electron chi connectivity index (χ4n) is 3.56. The van der Waals surface area contributed by atoms with Gasteiger partial charge in [0.05, 0.1) is 6.54 Å². The number of halogens is 1. The van der Waals surface area contributed by atoms with Gasteiger partial charge in [0.15, 0.2) is 11.8 Å². The van der Waals surface area contributed by atoms with Gasteiger partial charge in [0.1, 0.15) is 5.82 Å². The number of rotatable bonds is 4. The molecule has 1 atom stereocenters. The molecule has 8 nitrogen and oxygen atoms in total. The minimum atomic E-state index is 0. The Bertz CT molecular complexity index is 631. The maximum atomic E-state index is 11.8. The highest BCUT2D eigenvalue weighted by Gasteiger charge is 2.26. The van der Waals surface area contributed by atoms with Crippen LogP contribution >= 0.6 is 24.0 Å². The van der Waals surface area contributed by atoms with Crippen molar-refractivity contribution < 1.29 is 4.79 Å². The molecule has 0 spiro atoms. The summed E-state index contributed by atoms with van der Waals surface area (Å²) in [6.45, 7) is 5.08. The van der Waals surface area contributed by atoms with E-state index >= 15 is 0 Å². The number of carbonyl (C=O) groups excluding carboxylic acids is 1. The molecule has 1 amide bonds. The number of nitrogens with zero attached hydrogens (tertiary/aromatic N) is 5. The second-order valence-corrected chi connectivity index (χ2v) is 6.74. The normalized spacial score (nSPS) is 20.2. The van der Waals surface area contributed by atoms with E-state index in [1.165, 1.54) is 19.3 Å². The largest absolute Gasteiger partial charge is 0.352 e. The summed E-state index contributed by atoms with van der Waals surface area (Å²) in [6.07, 6.45) is 6.18. The summed E-state index contributed by atoms with van der Waals surface area (Å²) < 4.78 is 2.24. The van der Waals surface area contributed by atoms with E-state index in [-0.39, 0.29) is 35.9 Å². The van der Waals surface area contributed by atoms with Crippen molar-refractivity contribution in [2.75, 3.05) is 20.1 Å². The van der Waals surface area contributed by atoms with E-state index in [9.17, 15) is 4.79 Å². The summed E-state index contributed by atoms with van der Waals surface area (Å²) >= 11 is 0. The second-order valence-electron chi connectivity index (χ2n) is 6.74. The van der Waals surface area contributed by atoms with E-state index in [2.05, 4.69) is 30.4 Å². The van der Waals surface area contributed by atoms with Gasteiger partial charge in [0, 0.05) is 45.6 Å². The SMILES string of the molecule is CCC(=O)N1CCC(NC(=NC)NCc2nnc3n2CCCCC3)C1.I. The Hall–Kier alpha value is -1.39. The zero-order valence-electron chi connectivity index (χ0n) is 15.7. The van der Waals surface area contributed by atoms with Crippen molar-refractivity contribution in [1.29, 1.82) is 0 Å². The molecule has 9 heteroatoms. The van der Waals surface area contributed by atoms with Gasteiger partial charge in [-0.05, 0) is 19.3 Å². The van der Waals surface area contributed by atoms with Crippen LogP contribution < -0.4 is 10.6 Å². The van der Waals surface area contributed by atoms with Crippen molar-refractivity contribution in [1.82, 2.24) is 30.3 Å². The number of guanidine groups is 1. The molecule has 0 radical (unpaired) electrons. The first kappa shape index (κ1) is 20.9. The summed E-state index contributed by atoms with van der Waals surface area (Å²) in [4.78, 5) is 18.0. The molecular formula is C17H30IN7O. The summed E-state index contributed by atoms with van der Waals surface area (Å²) in [5.74, 6) is 3.04. The smallest absolute Gasteiger partial charge is 0.222 e. The van der Waals surface area contributed by atoms with E-state index in [4.69, 9.17) is 0 Å². The molecule has 26 heavy (non-hydrogen) atoms. The van der Waals surface area contributed by atoms with Crippen molar-refractivity contribution in [2.45, 2.75) is 64.6 Å². The van der Waals surface area contributed by atoms with E-state index in [1.54, 1.807) is 7.05 Å². The zero-order valence-corrected chi connectivity index (χ0v) is 18.0. The summed E-state index contributed by atoms with van der Waals surface area (Å²) in [5.41, 5.74) is 0. The Balaban J connectivity index is 0.00000243. The Morgan fingerprint density at radius 2 is 2.12 bits per heavy atom. The molecule has 0 saturated carbocycles. The minimum absolute atomic E-state index is 0. The van der Waals surface area contributed by atoms with Crippen LogP contribution in [-0.4, -0.2) is 57.7 Å². The predicted molar refractivity (Wildman–Crippen MR) is 112 cm³/mol. The number of hydrogen-bond donors (Lipinski definition) is 2. The van der Waals surface area contributed by atoms with Gasteiger partial charge in [0.2, 0.25) is 5.91 Å². The standard InChI is InChI=1S/C17H29N7O.HI/c1-3-16(25)23-10-8-13(12-23)20-17(18-2)19-11-15-22-21-14-7-5-4-6-9-24(14)15;/h13H,3-12H2,1-2H3,(H2,18,19,20);1H. The van der Waals surface area contributed by atoms with Crippen LogP contribution in [0.3, 0.4) is 0 Å². The number of aliphatic imine (C=N–C) groups is 1. The number of hydrogen-bond acceptors (Lipinski definition) is 4. The third-order valence-electron chi connectivity index (χ3n) is 5.01. The highest BCUT2D eigenvalue weighted by Crippen LogP contribution is 2.14. The average molecular weight is 475 g/mol. The number of carbonyl (C=O) groups is 1. The fourth-order valence-corrected chi connectivity index (χ4v) is 3.56. The zero-order chi connectivity index (χ0) is 17.6. The molecule has 0 bridgehead atoms. The molecule has 2 aliphatic rings. The van der Waals surface area contributed by atoms with Crippen LogP contribution in [-0.2, 0) is 24.3 Å². The van der Waals surface area contributed by atoms with Gasteiger partial charge < -0.3 is 20.1 Å². The van der Waals surface area contributed by atoms with Crippen LogP contribution in [0.5, 0.6) is 0 Å². The first-order valence-corrected chi connectivity index (χ1v) is 9.37. The monoisotopic (exact) mass is 475 g/mol. The predicted octanol–water partition coefficient (Wildman–Crippen LogP) is 1.30. The fraction of sp³-hybridized carbons (Fsp3) is 0.765. The minimum Gasteiger partial charge on any atom is -0.352 e. The number of aryl methyl sites for hydroxylation is 1. The van der Waals surface area contributed by atoms with Crippen molar-refractivity contribution in [3.8, 4) is 0 Å². The quantitative estimate of drug-likeness (QED) is 0.390. The van der Waals surface area contributed by atoms with Crippen LogP contribution in [0, 0.1) is 0 Å². The van der Waals surface area contributed by atoms with E-state index in [1.807, 2.05) is 11.8 Å². The lowest BCUT2D eigenvalue weighted by molar-refractivity contribution is -0.129. The van der Waals surface area contributed by atoms with E-state index < -0.39 is 0 Å². The van der Waals surface area contributed by atoms with Crippen molar-refractivity contribution >= 4 is 35.8 Å². The Labute approximate surface area is 172 Å². The molecule has 1 fully saturated rings. The average Bonchev–Trinajstić information content (AvgIpc) is 3.18. The first-order valence-electron chi connectivity index (χ1n) is 9.37. The Morgan fingerprint density at radius 1 is 1.27 bits per heavy atom. The summed E-state index contributed by atoms with van der Waals surface area (Å²) in [7, 11) is 1.77. The second kappa shape index (κ2) is 10.1. The van der Waals surface area contributed by atoms with Crippen molar-refractivity contribution in [3.05, 3.63) is 11.6 Å². The molecule has 2 aliphatic heterocycles. The third kappa shape index (κ3) is 5.08. The molecule has 146 valence electrons. The molecule has 2 N–H and O–H groups in total. The summed E-state index contributed by atoms with van der Waals surface area (Å²) in [6, 6.07) is 0.247. The molecule has 1 unspecified atom stereocenters. The van der Waals surface area contributed by atoms with Gasteiger partial charge in [-0.2, -0.15) is 0 Å². The van der Waals surface area contributed by atoms with Crippen LogP contribution in [0.15, 0.2) is 4.99 Å². The van der Waals surface area contributed by atoms with Gasteiger partial charge >= 0.3 is 0 Å². The van der Waals surface area contributed by atoms with Crippen LogP contribution in [0.25, 0.3) is 0 Å². The molecule has 0 aliphatic carbocycles. The van der Waals surface area contributed by atoms with Gasteiger partial charge in [-0.25, -0.2) is 0 Å². The lowest BCUT2D eigenvalue weighted by Gasteiger charge is -2.18. The van der Waals surface area contributed by atoms with E-state index in [0.29, 0.717) is 13.0 Å². The highest BCUT2D eigenvalue weighted by atomic mass is 127. The lowest BCUT2D eigenvalue weighted by Crippen LogP contribution is -2.45. The van der Waals surface area contributed by atoms with Gasteiger partial charge in [-0.3, -0.25) is 9.79 Å². The summed E-state index contributed by atoms with van der Waals surface area (Å²) in [5, 5.41) is 15.4. The van der Waals surface area contributed by atoms with Crippen LogP contribution in [0.4, 0.5) is 0 Å². The number of fused-ring (bicyclic) bond motifs is 1. The molecule has 1 saturated heterocycles. The number of aromatic nitrogens is 3. The molecule has 0 aromatic carbocycles. The lowest BCUT2D eigenvalue weighted by atomic mass is 10.2. The Morgan fingerprint density at radius 3 is 2.88 bits per heavy atom. The Kier molecular flexibility index (Phi) is 8.11. The highest BCUT2D eigenvalue weighted by molar-refractivity contribution is 14.0. The molecule has 1 aromatic rings. The van der Waals surface area contributed by atoms with Gasteiger partial charge in [0.25, 0.3) is 0 Å². The molecule has 1 aromatic heterocycles. The van der Waals surface area contributed by atoms with Crippen LogP contribution in [0.2, 0.25) is 0 Å². The van der Waals surface area contributed by atoms with Crippen molar-refractivity contribution in [2.24, 2.45) is 4.99 Å². The molecular weight excluding hydrogens is 445 g/mol. The number of nitrogens with one attached hydrogen (secondary N) is 2. The first-order chi connectivity index (χ1) is 12.2. The maximum Gasteiger partial charge on any atom is 0.222 e.